The van der Waals surface area contributed by atoms with Crippen molar-refractivity contribution in [3.8, 4) is 0 Å². The second kappa shape index (κ2) is 10.9. The second-order valence-corrected chi connectivity index (χ2v) is 6.91. The fourth-order valence-corrected chi connectivity index (χ4v) is 2.98. The van der Waals surface area contributed by atoms with Crippen molar-refractivity contribution in [1.29, 1.82) is 0 Å². The number of carboxylic acids is 2. The van der Waals surface area contributed by atoms with Crippen molar-refractivity contribution in [1.82, 2.24) is 15.5 Å². The monoisotopic (exact) mass is 418 g/mol. The summed E-state index contributed by atoms with van der Waals surface area (Å²) in [5.74, 6) is -4.24. The van der Waals surface area contributed by atoms with Crippen LogP contribution in [-0.4, -0.2) is 81.2 Å². The topological polar surface area (TPSA) is 179 Å². The number of nitrogens with one attached hydrogen (secondary N) is 2. The highest BCUT2D eigenvalue weighted by Crippen LogP contribution is 2.18. The molecule has 4 atom stereocenters. The highest BCUT2D eigenvalue weighted by atomic mass is 32.1. The number of hydrogen-bond acceptors (Lipinski definition) is 7. The van der Waals surface area contributed by atoms with Crippen LogP contribution in [0.2, 0.25) is 0 Å². The van der Waals surface area contributed by atoms with Crippen LogP contribution < -0.4 is 16.4 Å². The highest BCUT2D eigenvalue weighted by molar-refractivity contribution is 7.80. The van der Waals surface area contributed by atoms with Gasteiger partial charge in [-0.15, -0.1) is 0 Å². The molecule has 1 saturated heterocycles. The number of rotatable bonds is 10. The maximum absolute atomic E-state index is 12.5. The number of likely N-dealkylation sites (tertiary alicyclic amines) is 1. The number of hydrogen-bond donors (Lipinski definition) is 6. The van der Waals surface area contributed by atoms with E-state index in [2.05, 4.69) is 23.3 Å². The summed E-state index contributed by atoms with van der Waals surface area (Å²) < 4.78 is 0. The summed E-state index contributed by atoms with van der Waals surface area (Å²) in [6.45, 7) is 1.67. The van der Waals surface area contributed by atoms with Crippen molar-refractivity contribution >= 4 is 42.3 Å². The SMILES string of the molecule is CC(NC(=O)C(CCC(=O)O)NC(=O)C(N)CS)C(=O)N1CCCC1C(=O)O. The lowest BCUT2D eigenvalue weighted by Gasteiger charge is -2.27. The van der Waals surface area contributed by atoms with Crippen LogP contribution in [0, 0.1) is 0 Å². The van der Waals surface area contributed by atoms with E-state index < -0.39 is 53.8 Å². The molecule has 4 unspecified atom stereocenters. The van der Waals surface area contributed by atoms with Gasteiger partial charge in [0.2, 0.25) is 17.7 Å². The minimum atomic E-state index is -1.21. The number of nitrogens with zero attached hydrogens (tertiary/aromatic N) is 1. The van der Waals surface area contributed by atoms with E-state index in [0.29, 0.717) is 12.8 Å². The molecule has 0 bridgehead atoms. The number of carboxylic acid groups (broad SMARTS) is 2. The Morgan fingerprint density at radius 3 is 2.36 bits per heavy atom. The zero-order chi connectivity index (χ0) is 21.4. The van der Waals surface area contributed by atoms with Gasteiger partial charge in [0, 0.05) is 18.7 Å². The molecule has 28 heavy (non-hydrogen) atoms. The minimum Gasteiger partial charge on any atom is -0.481 e. The summed E-state index contributed by atoms with van der Waals surface area (Å²) in [6, 6.07) is -4.18. The smallest absolute Gasteiger partial charge is 0.326 e. The van der Waals surface area contributed by atoms with Gasteiger partial charge in [0.25, 0.3) is 0 Å². The standard InChI is InChI=1S/C16H26N4O7S/c1-8(15(25)20-6-2-3-11(20)16(26)27)18-14(24)10(4-5-12(21)22)19-13(23)9(17)7-28/h8-11,28H,2-7,17H2,1H3,(H,18,24)(H,19,23)(H,21,22)(H,26,27). The number of amides is 3. The van der Waals surface area contributed by atoms with E-state index in [1.807, 2.05) is 0 Å². The average molecular weight is 418 g/mol. The number of nitrogens with two attached hydrogens (primary N) is 1. The molecule has 6 N–H and O–H groups in total. The molecule has 0 aromatic rings. The van der Waals surface area contributed by atoms with Crippen LogP contribution in [-0.2, 0) is 24.0 Å². The van der Waals surface area contributed by atoms with E-state index in [1.54, 1.807) is 0 Å². The van der Waals surface area contributed by atoms with Gasteiger partial charge in [-0.1, -0.05) is 0 Å². The Hall–Kier alpha value is -2.34. The molecule has 1 heterocycles. The van der Waals surface area contributed by atoms with Crippen LogP contribution >= 0.6 is 12.6 Å². The Labute approximate surface area is 167 Å². The van der Waals surface area contributed by atoms with Crippen molar-refractivity contribution in [3.63, 3.8) is 0 Å². The quantitative estimate of drug-likeness (QED) is 0.224. The van der Waals surface area contributed by atoms with Crippen LogP contribution in [0.15, 0.2) is 0 Å². The third-order valence-corrected chi connectivity index (χ3v) is 4.76. The first-order valence-corrected chi connectivity index (χ1v) is 9.44. The number of thiol groups is 1. The van der Waals surface area contributed by atoms with Crippen LogP contribution in [0.1, 0.15) is 32.6 Å². The zero-order valence-corrected chi connectivity index (χ0v) is 16.4. The third-order valence-electron chi connectivity index (χ3n) is 4.36. The van der Waals surface area contributed by atoms with Crippen LogP contribution in [0.3, 0.4) is 0 Å². The van der Waals surface area contributed by atoms with Gasteiger partial charge < -0.3 is 31.5 Å². The van der Waals surface area contributed by atoms with E-state index in [1.165, 1.54) is 11.8 Å². The number of carbonyl (C=O) groups is 5. The molecule has 0 radical (unpaired) electrons. The lowest BCUT2D eigenvalue weighted by molar-refractivity contribution is -0.149. The first-order chi connectivity index (χ1) is 13.1. The van der Waals surface area contributed by atoms with Gasteiger partial charge >= 0.3 is 11.9 Å². The van der Waals surface area contributed by atoms with E-state index >= 15 is 0 Å². The van der Waals surface area contributed by atoms with Crippen molar-refractivity contribution < 1.29 is 34.2 Å². The summed E-state index contributed by atoms with van der Waals surface area (Å²) in [6.07, 6.45) is 0.293. The number of carbonyl (C=O) groups excluding carboxylic acids is 3. The first kappa shape index (κ1) is 23.7. The van der Waals surface area contributed by atoms with Crippen molar-refractivity contribution in [2.75, 3.05) is 12.3 Å². The van der Waals surface area contributed by atoms with Crippen LogP contribution in [0.5, 0.6) is 0 Å². The molecule has 0 saturated carbocycles. The highest BCUT2D eigenvalue weighted by Gasteiger charge is 2.37. The van der Waals surface area contributed by atoms with Crippen LogP contribution in [0.4, 0.5) is 0 Å². The Morgan fingerprint density at radius 2 is 1.82 bits per heavy atom. The molecule has 0 aliphatic carbocycles. The molecule has 12 heteroatoms. The molecule has 11 nitrogen and oxygen atoms in total. The van der Waals surface area contributed by atoms with Crippen molar-refractivity contribution in [3.05, 3.63) is 0 Å². The predicted octanol–water partition coefficient (Wildman–Crippen LogP) is -1.83. The lowest BCUT2D eigenvalue weighted by atomic mass is 10.1. The van der Waals surface area contributed by atoms with E-state index in [9.17, 15) is 29.1 Å². The molecule has 1 aliphatic heterocycles. The zero-order valence-electron chi connectivity index (χ0n) is 15.5. The fraction of sp³-hybridized carbons (Fsp3) is 0.688. The minimum absolute atomic E-state index is 0.0273. The normalized spacial score (nSPS) is 19.4. The summed E-state index contributed by atoms with van der Waals surface area (Å²) in [5, 5.41) is 22.8. The average Bonchev–Trinajstić information content (AvgIpc) is 3.13. The molecule has 3 amide bonds. The Balaban J connectivity index is 2.78. The molecule has 1 rings (SSSR count). The van der Waals surface area contributed by atoms with E-state index in [0.717, 1.165) is 0 Å². The lowest BCUT2D eigenvalue weighted by Crippen LogP contribution is -2.56. The van der Waals surface area contributed by atoms with Gasteiger partial charge in [-0.2, -0.15) is 12.6 Å². The predicted molar refractivity (Wildman–Crippen MR) is 101 cm³/mol. The van der Waals surface area contributed by atoms with Gasteiger partial charge in [-0.3, -0.25) is 19.2 Å². The molecule has 1 fully saturated rings. The first-order valence-electron chi connectivity index (χ1n) is 8.80. The Morgan fingerprint density at radius 1 is 1.18 bits per heavy atom. The summed E-state index contributed by atoms with van der Waals surface area (Å²) >= 11 is 3.89. The van der Waals surface area contributed by atoms with Gasteiger partial charge in [0.1, 0.15) is 18.1 Å². The molecule has 1 aliphatic rings. The third kappa shape index (κ3) is 6.68. The second-order valence-electron chi connectivity index (χ2n) is 6.54. The van der Waals surface area contributed by atoms with Crippen LogP contribution in [0.25, 0.3) is 0 Å². The molecular formula is C16H26N4O7S. The van der Waals surface area contributed by atoms with Gasteiger partial charge in [-0.05, 0) is 26.2 Å². The van der Waals surface area contributed by atoms with E-state index in [-0.39, 0.29) is 25.1 Å². The van der Waals surface area contributed by atoms with Gasteiger partial charge in [0.05, 0.1) is 6.04 Å². The maximum atomic E-state index is 12.5. The summed E-state index contributed by atoms with van der Waals surface area (Å²) in [5.41, 5.74) is 5.54. The van der Waals surface area contributed by atoms with Crippen molar-refractivity contribution in [2.24, 2.45) is 5.73 Å². The molecule has 158 valence electrons. The molecule has 0 aromatic carbocycles. The summed E-state index contributed by atoms with van der Waals surface area (Å²) in [7, 11) is 0. The van der Waals surface area contributed by atoms with E-state index in [4.69, 9.17) is 10.8 Å². The Kier molecular flexibility index (Phi) is 9.19. The number of aliphatic carboxylic acids is 2. The molecule has 0 spiro atoms. The largest absolute Gasteiger partial charge is 0.481 e. The molecular weight excluding hydrogens is 392 g/mol. The summed E-state index contributed by atoms with van der Waals surface area (Å²) in [4.78, 5) is 60.1. The fourth-order valence-electron chi connectivity index (χ4n) is 2.81. The van der Waals surface area contributed by atoms with Gasteiger partial charge in [0.15, 0.2) is 0 Å². The van der Waals surface area contributed by atoms with Crippen molar-refractivity contribution in [2.45, 2.75) is 56.8 Å². The molecule has 0 aromatic heterocycles. The van der Waals surface area contributed by atoms with Gasteiger partial charge in [-0.25, -0.2) is 4.79 Å². The Bertz CT molecular complexity index is 630. The maximum Gasteiger partial charge on any atom is 0.326 e.